The Morgan fingerprint density at radius 2 is 1.09 bits per heavy atom. The van der Waals surface area contributed by atoms with Crippen molar-refractivity contribution in [2.24, 2.45) is 71.0 Å². The van der Waals surface area contributed by atoms with Crippen molar-refractivity contribution in [3.05, 3.63) is 59.8 Å². The highest BCUT2D eigenvalue weighted by Crippen LogP contribution is 2.39. The summed E-state index contributed by atoms with van der Waals surface area (Å²) in [5.41, 5.74) is 1.27. The molecule has 3 saturated heterocycles. The molecule has 0 unspecified atom stereocenters. The van der Waals surface area contributed by atoms with E-state index in [0.29, 0.717) is 69.8 Å². The van der Waals surface area contributed by atoms with Gasteiger partial charge in [0.25, 0.3) is 11.7 Å². The zero-order chi connectivity index (χ0) is 113. The first kappa shape index (κ1) is 132. The van der Waals surface area contributed by atoms with Crippen LogP contribution >= 0.6 is 0 Å². The molecule has 0 spiro atoms. The summed E-state index contributed by atoms with van der Waals surface area (Å²) in [7, 11) is 14.4. The number of aliphatic hydroxyl groups is 4. The number of carbonyl (C=O) groups is 16. The van der Waals surface area contributed by atoms with Gasteiger partial charge in [-0.25, -0.2) is 4.79 Å². The van der Waals surface area contributed by atoms with Crippen molar-refractivity contribution in [3.8, 4) is 0 Å². The number of aliphatic hydroxyl groups excluding tert-OH is 3. The zero-order valence-corrected chi connectivity index (χ0v) is 95.8. The first-order valence-corrected chi connectivity index (χ1v) is 54.1. The van der Waals surface area contributed by atoms with E-state index in [0.717, 1.165) is 21.8 Å². The number of hydrogen-bond donors (Lipinski definition) is 8. The molecule has 12 amide bonds. The molecule has 1 aliphatic carbocycles. The van der Waals surface area contributed by atoms with E-state index in [1.165, 1.54) is 99.7 Å². The smallest absolute Gasteiger partial charge is 0.329 e. The van der Waals surface area contributed by atoms with Gasteiger partial charge in [-0.15, -0.1) is 0 Å². The Labute approximate surface area is 887 Å². The van der Waals surface area contributed by atoms with E-state index in [1.807, 2.05) is 113 Å². The van der Waals surface area contributed by atoms with Gasteiger partial charge >= 0.3 is 5.97 Å². The molecular formula is C112H188N12O25. The number of nitrogens with one attached hydrogen (secondary N) is 4. The Morgan fingerprint density at radius 1 is 0.537 bits per heavy atom. The lowest BCUT2D eigenvalue weighted by molar-refractivity contribution is -0.265. The van der Waals surface area contributed by atoms with Crippen molar-refractivity contribution in [2.45, 2.75) is 402 Å². The van der Waals surface area contributed by atoms with Crippen molar-refractivity contribution in [2.75, 3.05) is 83.8 Å². The molecular weight excluding hydrogens is 1910 g/mol. The molecule has 846 valence electrons. The monoisotopic (exact) mass is 2100 g/mol. The van der Waals surface area contributed by atoms with Gasteiger partial charge in [-0.1, -0.05) is 173 Å². The molecule has 1 saturated carbocycles. The fourth-order valence-electron chi connectivity index (χ4n) is 20.4. The standard InChI is InChI=1S/C62H111N11O12.C50H77NO13/c1-25-27-28-40(15)52(75)51-56(79)65-43(26-2)58(81)67(18)33-48(74)68(19)44(29-34(3)4)55(78)66-49(38(11)12)61(84)69(20)45(30-35(5)6)54(77)63-41(16)53(76)64-42(17)57(80)70(21)46(31-36(7)8)59(82)71(22)47(32-37(9)10)60(83)72(23)50(39(13)14)62(85)73(51)24;1-30-15-11-10-12-16-31(2)42(60-7)28-37-21-19-35(6)50(59,64-37)47(56)48(57)51-24-14-13-17-38(51)49(58)63-43(33(4)26-36-20-23-39(52)44(27-36)61-8)29-41(54)32(3)25-34(5)45(55)46(62-9)40(53)22-18-30/h25,27,34-47,49-52,75H,26,28-33H2,1-24H3,(H,63,77)(H,64,76)(H,65,79)(H,66,78);10-12,15-16,25,30,32-33,35-39,42-46,52,55,59H,13-14,17-24,26-29H2,1-9H3/b27-25+;12-10+,15-11-,31-16+,34-25+/t40-,41+,42-,43+,44+,45+,46+,47+,49+,50+,51+,52-;30-,32-,33-,35-,36+,37+,38+,39-,42+,43+,44-,45-,46+,50-/m11/s1. The lowest BCUT2D eigenvalue weighted by Gasteiger charge is -2.42. The number of ether oxygens (including phenoxy) is 5. The Morgan fingerprint density at radius 3 is 1.64 bits per heavy atom. The van der Waals surface area contributed by atoms with E-state index in [1.54, 1.807) is 95.6 Å². The highest BCUT2D eigenvalue weighted by Gasteiger charge is 2.55. The normalized spacial score (nSPS) is 32.4. The summed E-state index contributed by atoms with van der Waals surface area (Å²) in [6, 6.07) is -13.5. The third kappa shape index (κ3) is 37.7. The Balaban J connectivity index is 0.000000643. The van der Waals surface area contributed by atoms with Gasteiger partial charge in [0.1, 0.15) is 90.6 Å². The van der Waals surface area contributed by atoms with E-state index in [-0.39, 0.29) is 117 Å². The molecule has 4 fully saturated rings. The van der Waals surface area contributed by atoms with Crippen LogP contribution in [0.4, 0.5) is 0 Å². The van der Waals surface area contributed by atoms with Gasteiger partial charge in [0.15, 0.2) is 5.78 Å². The number of rotatable bonds is 21. The van der Waals surface area contributed by atoms with Crippen LogP contribution < -0.4 is 21.3 Å². The maximum atomic E-state index is 15.1. The SMILES string of the molecule is C/C=C/C[C@@H](C)[C@@H](O)[C@H]1C(=O)N[C@@H](CC)C(=O)N(C)CC(=O)N(C)[C@@H](CC(C)C)C(=O)N[C@@H](C(C)C)C(=O)N(C)[C@@H](CC(C)C)C(=O)N[C@@H](C)C(=O)N[C@H](C)C(=O)N(C)[C@@H](CC(C)C)C(=O)N(C)[C@@H](CC(C)C)C(=O)N(C)[C@@H](C(C)C)C(=O)N1C.CO[C@H]1C[C@@H]2CC[C@@H](C)[C@@](O)(O2)C(=O)C(=O)N2CCCC[C@H]2C(=O)O[C@H]([C@H](C)C[C@@H]2CC[C@@H](O)[C@H](OC)C2)CC(=O)[C@H](C)/C=C(\C)[C@@H](O)[C@@H](OC)C(=O)CC[C@H](C)\C=C/C=C/C=C/1C. The second-order valence-corrected chi connectivity index (χ2v) is 45.1. The lowest BCUT2D eigenvalue weighted by Crippen LogP contribution is -2.63. The topological polar surface area (TPSA) is 474 Å². The largest absolute Gasteiger partial charge is 0.460 e. The van der Waals surface area contributed by atoms with Crippen molar-refractivity contribution >= 4 is 94.2 Å². The lowest BCUT2D eigenvalue weighted by atomic mass is 9.78. The number of hydrogen-bond acceptors (Lipinski definition) is 25. The Hall–Kier alpha value is -9.50. The van der Waals surface area contributed by atoms with Gasteiger partial charge in [-0.2, -0.15) is 0 Å². The summed E-state index contributed by atoms with van der Waals surface area (Å²) < 4.78 is 29.3. The van der Waals surface area contributed by atoms with E-state index in [4.69, 9.17) is 23.7 Å². The highest BCUT2D eigenvalue weighted by atomic mass is 16.6. The van der Waals surface area contributed by atoms with Crippen LogP contribution in [-0.2, 0) is 100 Å². The van der Waals surface area contributed by atoms with Crippen molar-refractivity contribution < 1.29 is 121 Å². The minimum Gasteiger partial charge on any atom is -0.460 e. The van der Waals surface area contributed by atoms with Crippen LogP contribution in [0.1, 0.15) is 281 Å². The molecule has 4 aliphatic heterocycles. The van der Waals surface area contributed by atoms with Crippen LogP contribution in [0.5, 0.6) is 0 Å². The minimum absolute atomic E-state index is 0.0229. The fourth-order valence-corrected chi connectivity index (χ4v) is 20.4. The number of Topliss-reactive ketones (excluding diaryl/α,β-unsaturated/α-hetero) is 3. The van der Waals surface area contributed by atoms with Gasteiger partial charge in [-0.3, -0.25) is 71.9 Å². The highest BCUT2D eigenvalue weighted by molar-refractivity contribution is 6.39. The minimum atomic E-state index is -2.43. The quantitative estimate of drug-likeness (QED) is 0.0301. The van der Waals surface area contributed by atoms with E-state index in [2.05, 4.69) is 21.3 Å². The van der Waals surface area contributed by atoms with Crippen LogP contribution in [0.3, 0.4) is 0 Å². The number of methoxy groups -OCH3 is 3. The molecule has 37 heteroatoms. The molecule has 0 aromatic carbocycles. The summed E-state index contributed by atoms with van der Waals surface area (Å²) in [4.78, 5) is 240. The summed E-state index contributed by atoms with van der Waals surface area (Å²) in [5.74, 6) is -17.2. The summed E-state index contributed by atoms with van der Waals surface area (Å²) in [5, 5.41) is 56.8. The van der Waals surface area contributed by atoms with E-state index >= 15 is 9.59 Å². The molecule has 149 heavy (non-hydrogen) atoms. The van der Waals surface area contributed by atoms with Crippen LogP contribution in [0, 0.1) is 71.0 Å². The number of amides is 12. The van der Waals surface area contributed by atoms with Gasteiger partial charge < -0.3 is 105 Å². The van der Waals surface area contributed by atoms with Crippen molar-refractivity contribution in [1.82, 2.24) is 60.5 Å². The average molecular weight is 2100 g/mol. The predicted octanol–water partition coefficient (Wildman–Crippen LogP) is 9.20. The first-order chi connectivity index (χ1) is 69.5. The maximum absolute atomic E-state index is 15.1. The van der Waals surface area contributed by atoms with Crippen LogP contribution in [0.2, 0.25) is 0 Å². The summed E-state index contributed by atoms with van der Waals surface area (Å²) in [6.07, 6.45) is 14.4. The molecule has 26 atom stereocenters. The van der Waals surface area contributed by atoms with Crippen LogP contribution in [0.15, 0.2) is 59.8 Å². The number of allylic oxidation sites excluding steroid dienone is 8. The fraction of sp³-hybridized carbons (Fsp3) is 0.768. The number of carbonyl (C=O) groups excluding carboxylic acids is 16. The molecule has 0 radical (unpaired) electrons. The maximum Gasteiger partial charge on any atom is 0.329 e. The van der Waals surface area contributed by atoms with Gasteiger partial charge in [0, 0.05) is 108 Å². The Bertz CT molecular complexity index is 4610. The van der Waals surface area contributed by atoms with Crippen molar-refractivity contribution in [3.63, 3.8) is 0 Å². The number of nitrogens with zero attached hydrogens (tertiary/aromatic N) is 8. The van der Waals surface area contributed by atoms with Gasteiger partial charge in [0.2, 0.25) is 70.8 Å². The molecule has 8 N–H and O–H groups in total. The number of esters is 1. The van der Waals surface area contributed by atoms with Crippen molar-refractivity contribution in [1.29, 1.82) is 0 Å². The van der Waals surface area contributed by atoms with E-state index in [9.17, 15) is 87.5 Å². The molecule has 0 aromatic heterocycles. The zero-order valence-electron chi connectivity index (χ0n) is 95.8. The Kier molecular flexibility index (Phi) is 54.8. The van der Waals surface area contributed by atoms with Crippen LogP contribution in [0.25, 0.3) is 0 Å². The molecule has 2 bridgehead atoms. The summed E-state index contributed by atoms with van der Waals surface area (Å²) in [6.45, 7) is 40.2. The number of ketones is 3. The number of cyclic esters (lactones) is 1. The van der Waals surface area contributed by atoms with Gasteiger partial charge in [0.05, 0.1) is 37.1 Å². The predicted molar refractivity (Wildman–Crippen MR) is 569 cm³/mol. The number of fused-ring (bicyclic) bond motifs is 3. The second-order valence-electron chi connectivity index (χ2n) is 45.1. The average Bonchev–Trinajstić information content (AvgIpc) is 0.774. The van der Waals surface area contributed by atoms with E-state index < -0.39 is 234 Å². The molecule has 4 heterocycles. The van der Waals surface area contributed by atoms with Gasteiger partial charge in [-0.05, 0) is 208 Å². The first-order valence-electron chi connectivity index (χ1n) is 54.1. The summed E-state index contributed by atoms with van der Waals surface area (Å²) >= 11 is 0. The molecule has 0 aromatic rings. The second kappa shape index (κ2) is 62.0. The molecule has 5 aliphatic rings. The number of likely N-dealkylation sites (N-methyl/N-ethyl adjacent to an activating group) is 7. The third-order valence-corrected chi connectivity index (χ3v) is 30.2. The van der Waals surface area contributed by atoms with Crippen LogP contribution in [-0.4, -0.2) is 359 Å². The molecule has 37 nitrogen and oxygen atoms in total. The number of piperidine rings is 1. The third-order valence-electron chi connectivity index (χ3n) is 30.2. The molecule has 5 rings (SSSR count).